The van der Waals surface area contributed by atoms with Gasteiger partial charge in [0.1, 0.15) is 15.1 Å². The van der Waals surface area contributed by atoms with Gasteiger partial charge >= 0.3 is 17.1 Å². The van der Waals surface area contributed by atoms with E-state index in [4.69, 9.17) is 58.5 Å². The predicted octanol–water partition coefficient (Wildman–Crippen LogP) is 9.69. The topological polar surface area (TPSA) is 234 Å². The second-order valence-electron chi connectivity index (χ2n) is 13.2. The Morgan fingerprint density at radius 1 is 0.589 bits per heavy atom. The summed E-state index contributed by atoms with van der Waals surface area (Å²) in [6.07, 6.45) is 5.40. The Bertz CT molecular complexity index is 1790. The summed E-state index contributed by atoms with van der Waals surface area (Å²) in [4.78, 5) is 52.0. The smallest absolute Gasteiger partial charge is 0.332 e. The molecule has 0 aliphatic heterocycles. The van der Waals surface area contributed by atoms with Crippen molar-refractivity contribution >= 4 is 51.9 Å². The lowest BCUT2D eigenvalue weighted by atomic mass is 10.1. The van der Waals surface area contributed by atoms with E-state index in [1.54, 1.807) is 0 Å². The summed E-state index contributed by atoms with van der Waals surface area (Å²) in [5, 5.41) is 32.4. The van der Waals surface area contributed by atoms with Crippen molar-refractivity contribution in [2.75, 3.05) is 34.0 Å². The van der Waals surface area contributed by atoms with Crippen molar-refractivity contribution in [2.24, 2.45) is 17.8 Å². The largest absolute Gasteiger partial charge is 0.480 e. The maximum absolute atomic E-state index is 11.3. The zero-order chi connectivity index (χ0) is 42.5. The third-order valence-electron chi connectivity index (χ3n) is 7.20. The highest BCUT2D eigenvalue weighted by atomic mass is 35.5. The van der Waals surface area contributed by atoms with Gasteiger partial charge in [0.05, 0.1) is 48.8 Å². The molecule has 0 aliphatic rings. The lowest BCUT2D eigenvalue weighted by molar-refractivity contribution is -0.386. The van der Waals surface area contributed by atoms with E-state index in [2.05, 4.69) is 56.5 Å². The van der Waals surface area contributed by atoms with Gasteiger partial charge in [-0.3, -0.25) is 40.1 Å². The molecule has 3 aromatic heterocycles. The van der Waals surface area contributed by atoms with Gasteiger partial charge < -0.3 is 23.7 Å². The number of nitrogens with one attached hydrogen (secondary N) is 1. The molecule has 0 aromatic carbocycles. The van der Waals surface area contributed by atoms with Gasteiger partial charge in [-0.05, 0) is 56.3 Å². The molecule has 0 aliphatic carbocycles. The highest BCUT2D eigenvalue weighted by Crippen LogP contribution is 2.35. The van der Waals surface area contributed by atoms with Crippen LogP contribution in [0, 0.1) is 48.1 Å². The first-order valence-electron chi connectivity index (χ1n) is 17.6. The quantitative estimate of drug-likeness (QED) is 0.0633. The van der Waals surface area contributed by atoms with Crippen LogP contribution in [0.1, 0.15) is 80.1 Å². The fourth-order valence-electron chi connectivity index (χ4n) is 4.37. The number of hydrogen-bond donors (Lipinski definition) is 1. The molecule has 0 spiro atoms. The van der Waals surface area contributed by atoms with E-state index in [0.29, 0.717) is 37.6 Å². The van der Waals surface area contributed by atoms with E-state index in [9.17, 15) is 35.1 Å². The Kier molecular flexibility index (Phi) is 22.4. The second kappa shape index (κ2) is 25.5. The average Bonchev–Trinajstić information content (AvgIpc) is 3.12. The summed E-state index contributed by atoms with van der Waals surface area (Å²) < 4.78 is 25.8. The Balaban J connectivity index is 0.000000420. The van der Waals surface area contributed by atoms with Crippen molar-refractivity contribution in [3.63, 3.8) is 0 Å². The van der Waals surface area contributed by atoms with Crippen LogP contribution in [0.2, 0.25) is 15.1 Å². The summed E-state index contributed by atoms with van der Waals surface area (Å²) >= 11 is 17.2. The molecule has 0 bridgehead atoms. The maximum atomic E-state index is 11.3. The zero-order valence-corrected chi connectivity index (χ0v) is 34.9. The Morgan fingerprint density at radius 3 is 1.39 bits per heavy atom. The molecule has 312 valence electrons. The molecule has 56 heavy (non-hydrogen) atoms. The number of H-pyrrole nitrogens is 1. The molecule has 18 nitrogen and oxygen atoms in total. The fraction of sp³-hybridized carbons (Fsp3) is 0.571. The number of aromatic nitrogens is 3. The van der Waals surface area contributed by atoms with E-state index in [0.717, 1.165) is 44.6 Å². The van der Waals surface area contributed by atoms with Gasteiger partial charge in [0, 0.05) is 18.2 Å². The lowest BCUT2D eigenvalue weighted by Gasteiger charge is -2.09. The van der Waals surface area contributed by atoms with Gasteiger partial charge in [-0.25, -0.2) is 0 Å². The molecule has 0 saturated heterocycles. The van der Waals surface area contributed by atoms with E-state index >= 15 is 0 Å². The Labute approximate surface area is 339 Å². The fourth-order valence-corrected chi connectivity index (χ4v) is 4.94. The first kappa shape index (κ1) is 49.3. The normalized spacial score (nSPS) is 10.6. The van der Waals surface area contributed by atoms with E-state index in [-0.39, 0.29) is 61.5 Å². The summed E-state index contributed by atoms with van der Waals surface area (Å²) in [5.74, 6) is 1.66. The first-order valence-corrected chi connectivity index (χ1v) is 18.7. The lowest BCUT2D eigenvalue weighted by Crippen LogP contribution is -2.12. The van der Waals surface area contributed by atoms with Crippen LogP contribution >= 0.6 is 34.8 Å². The van der Waals surface area contributed by atoms with Crippen molar-refractivity contribution in [1.82, 2.24) is 15.0 Å². The number of methoxy groups -OCH3 is 2. The van der Waals surface area contributed by atoms with Crippen molar-refractivity contribution in [1.29, 1.82) is 0 Å². The molecule has 21 heteroatoms. The molecule has 0 unspecified atom stereocenters. The molecule has 3 heterocycles. The third-order valence-corrected chi connectivity index (χ3v) is 8.02. The average molecular weight is 852 g/mol. The Morgan fingerprint density at radius 2 is 0.964 bits per heavy atom. The number of pyridine rings is 3. The molecule has 3 rings (SSSR count). The summed E-state index contributed by atoms with van der Waals surface area (Å²) in [6.45, 7) is 13.8. The summed E-state index contributed by atoms with van der Waals surface area (Å²) in [5.41, 5.74) is -1.46. The molecule has 1 N–H and O–H groups in total. The van der Waals surface area contributed by atoms with Crippen molar-refractivity contribution in [3.05, 3.63) is 74.0 Å². The van der Waals surface area contributed by atoms with Gasteiger partial charge in [-0.15, -0.1) is 0 Å². The van der Waals surface area contributed by atoms with Crippen molar-refractivity contribution in [3.8, 4) is 29.4 Å². The molecular formula is C35H49Cl3N6O12. The highest BCUT2D eigenvalue weighted by Gasteiger charge is 2.23. The van der Waals surface area contributed by atoms with Gasteiger partial charge in [0.15, 0.2) is 0 Å². The second-order valence-corrected chi connectivity index (χ2v) is 14.4. The van der Waals surface area contributed by atoms with Crippen LogP contribution in [0.3, 0.4) is 0 Å². The number of ether oxygens (including phenoxy) is 5. The van der Waals surface area contributed by atoms with Crippen molar-refractivity contribution < 1.29 is 38.5 Å². The molecule has 3 aromatic rings. The number of halogens is 3. The Hall–Kier alpha value is -4.68. The number of hydrogen-bond acceptors (Lipinski definition) is 14. The first-order chi connectivity index (χ1) is 26.3. The minimum atomic E-state index is -0.639. The van der Waals surface area contributed by atoms with Gasteiger partial charge in [0.25, 0.3) is 23.2 Å². The third kappa shape index (κ3) is 17.8. The van der Waals surface area contributed by atoms with E-state index in [1.165, 1.54) is 26.4 Å². The molecular weight excluding hydrogens is 803 g/mol. The van der Waals surface area contributed by atoms with E-state index < -0.39 is 20.3 Å². The highest BCUT2D eigenvalue weighted by molar-refractivity contribution is 6.32. The minimum Gasteiger partial charge on any atom is -0.480 e. The van der Waals surface area contributed by atoms with Crippen LogP contribution in [-0.4, -0.2) is 63.8 Å². The number of nitrogens with zero attached hydrogens (tertiary/aromatic N) is 5. The number of rotatable bonds is 20. The van der Waals surface area contributed by atoms with Crippen LogP contribution in [0.15, 0.2) is 23.0 Å². The van der Waals surface area contributed by atoms with Crippen LogP contribution in [0.25, 0.3) is 0 Å². The zero-order valence-electron chi connectivity index (χ0n) is 32.6. The SMILES string of the molecule is CC(C)CCCOc1[nH]c(=O)c(Cl)cc1[N+](=O)[O-].COc1nc(OCCCC(C)C)c(Cl)cc1[N+](=O)[O-].COc1nc(OCCCC(C)C)c([N+](=O)[O-])cc1Cl. The standard InChI is InChI=1S/2C12H17ClN2O4.C11H15ClN2O4/c1-8(2)5-4-6-19-11-9(13)7-10(15(16)17)12(14-11)18-3;1-8(2)5-4-6-19-12-10(15(16)17)7-9(13)11(14-12)18-3;1-7(2)4-3-5-18-11-9(14(16)17)6-8(12)10(15)13-11/h2*7-8H,4-6H2,1-3H3;6-7H,3-5H2,1-2H3,(H,13,15). The van der Waals surface area contributed by atoms with Gasteiger partial charge in [-0.1, -0.05) is 76.3 Å². The molecule has 0 saturated carbocycles. The monoisotopic (exact) mass is 850 g/mol. The summed E-state index contributed by atoms with van der Waals surface area (Å²) in [6, 6.07) is 3.37. The predicted molar refractivity (Wildman–Crippen MR) is 212 cm³/mol. The van der Waals surface area contributed by atoms with Crippen LogP contribution in [-0.2, 0) is 0 Å². The van der Waals surface area contributed by atoms with Crippen molar-refractivity contribution in [2.45, 2.75) is 80.1 Å². The molecule has 0 atom stereocenters. The maximum Gasteiger partial charge on any atom is 0.332 e. The van der Waals surface area contributed by atoms with E-state index in [1.807, 2.05) is 0 Å². The minimum absolute atomic E-state index is 0.0602. The van der Waals surface area contributed by atoms with Gasteiger partial charge in [-0.2, -0.15) is 9.97 Å². The molecule has 0 fully saturated rings. The molecule has 0 radical (unpaired) electrons. The van der Waals surface area contributed by atoms with Crippen LogP contribution in [0.4, 0.5) is 17.1 Å². The van der Waals surface area contributed by atoms with Crippen LogP contribution in [0.5, 0.6) is 29.4 Å². The van der Waals surface area contributed by atoms with Gasteiger partial charge in [0.2, 0.25) is 11.8 Å². The number of aromatic amines is 1. The number of nitro groups is 3. The summed E-state index contributed by atoms with van der Waals surface area (Å²) in [7, 11) is 2.70. The molecule has 0 amide bonds. The van der Waals surface area contributed by atoms with Crippen LogP contribution < -0.4 is 29.2 Å².